The number of rotatable bonds is 6. The van der Waals surface area contributed by atoms with Crippen LogP contribution in [0, 0.1) is 6.92 Å². The average Bonchev–Trinajstić information content (AvgIpc) is 2.50. The van der Waals surface area contributed by atoms with Crippen LogP contribution in [0.25, 0.3) is 0 Å². The van der Waals surface area contributed by atoms with Crippen molar-refractivity contribution in [1.29, 1.82) is 0 Å². The first-order valence-corrected chi connectivity index (χ1v) is 7.33. The zero-order valence-electron chi connectivity index (χ0n) is 12.6. The third-order valence-electron chi connectivity index (χ3n) is 3.53. The van der Waals surface area contributed by atoms with E-state index >= 15 is 0 Å². The first kappa shape index (κ1) is 15.3. The molecule has 2 N–H and O–H groups in total. The smallest absolute Gasteiger partial charge is 0.238 e. The zero-order valence-corrected chi connectivity index (χ0v) is 12.6. The van der Waals surface area contributed by atoms with E-state index in [4.69, 9.17) is 0 Å². The average molecular weight is 282 g/mol. The van der Waals surface area contributed by atoms with Gasteiger partial charge in [0.15, 0.2) is 0 Å². The van der Waals surface area contributed by atoms with Crippen LogP contribution < -0.4 is 10.6 Å². The highest BCUT2D eigenvalue weighted by atomic mass is 16.1. The molecule has 0 unspecified atom stereocenters. The summed E-state index contributed by atoms with van der Waals surface area (Å²) in [7, 11) is 0. The number of para-hydroxylation sites is 1. The molecular weight excluding hydrogens is 260 g/mol. The van der Waals surface area contributed by atoms with Crippen molar-refractivity contribution in [3.05, 3.63) is 65.2 Å². The maximum Gasteiger partial charge on any atom is 0.238 e. The second-order valence-corrected chi connectivity index (χ2v) is 5.09. The second-order valence-electron chi connectivity index (χ2n) is 5.09. The van der Waals surface area contributed by atoms with E-state index in [1.807, 2.05) is 36.4 Å². The van der Waals surface area contributed by atoms with Gasteiger partial charge in [-0.05, 0) is 36.1 Å². The predicted molar refractivity (Wildman–Crippen MR) is 87.3 cm³/mol. The quantitative estimate of drug-likeness (QED) is 0.853. The summed E-state index contributed by atoms with van der Waals surface area (Å²) in [6.07, 6.45) is 0.910. The first-order chi connectivity index (χ1) is 10.2. The SMILES string of the molecule is CCc1ccccc1NC(=O)CNCc1ccccc1C. The topological polar surface area (TPSA) is 41.1 Å². The predicted octanol–water partition coefficient (Wildman–Crippen LogP) is 3.29. The van der Waals surface area contributed by atoms with Crippen molar-refractivity contribution in [1.82, 2.24) is 5.32 Å². The number of anilines is 1. The van der Waals surface area contributed by atoms with E-state index in [1.54, 1.807) is 0 Å². The van der Waals surface area contributed by atoms with Gasteiger partial charge in [-0.2, -0.15) is 0 Å². The first-order valence-electron chi connectivity index (χ1n) is 7.33. The maximum absolute atomic E-state index is 12.0. The van der Waals surface area contributed by atoms with Gasteiger partial charge in [0.25, 0.3) is 0 Å². The summed E-state index contributed by atoms with van der Waals surface area (Å²) >= 11 is 0. The highest BCUT2D eigenvalue weighted by molar-refractivity contribution is 5.92. The van der Waals surface area contributed by atoms with E-state index in [9.17, 15) is 4.79 Å². The van der Waals surface area contributed by atoms with E-state index in [0.717, 1.165) is 17.7 Å². The van der Waals surface area contributed by atoms with E-state index in [0.29, 0.717) is 13.1 Å². The van der Waals surface area contributed by atoms with Gasteiger partial charge in [0.2, 0.25) is 5.91 Å². The molecule has 0 saturated heterocycles. The van der Waals surface area contributed by atoms with Crippen LogP contribution in [0.4, 0.5) is 5.69 Å². The monoisotopic (exact) mass is 282 g/mol. The van der Waals surface area contributed by atoms with Crippen LogP contribution in [0.2, 0.25) is 0 Å². The number of hydrogen-bond acceptors (Lipinski definition) is 2. The molecule has 110 valence electrons. The molecule has 0 radical (unpaired) electrons. The molecule has 21 heavy (non-hydrogen) atoms. The van der Waals surface area contributed by atoms with Crippen LogP contribution in [0.15, 0.2) is 48.5 Å². The van der Waals surface area contributed by atoms with Crippen LogP contribution in [-0.4, -0.2) is 12.5 Å². The summed E-state index contributed by atoms with van der Waals surface area (Å²) < 4.78 is 0. The molecule has 0 heterocycles. The van der Waals surface area contributed by atoms with Crippen LogP contribution in [0.1, 0.15) is 23.6 Å². The number of carbonyl (C=O) groups excluding carboxylic acids is 1. The van der Waals surface area contributed by atoms with Crippen molar-refractivity contribution >= 4 is 11.6 Å². The lowest BCUT2D eigenvalue weighted by atomic mass is 10.1. The number of benzene rings is 2. The maximum atomic E-state index is 12.0. The van der Waals surface area contributed by atoms with Crippen molar-refractivity contribution in [2.75, 3.05) is 11.9 Å². The van der Waals surface area contributed by atoms with Crippen LogP contribution in [-0.2, 0) is 17.8 Å². The van der Waals surface area contributed by atoms with Crippen molar-refractivity contribution in [2.24, 2.45) is 0 Å². The van der Waals surface area contributed by atoms with Gasteiger partial charge in [0.05, 0.1) is 6.54 Å². The molecule has 0 aliphatic rings. The Kier molecular flexibility index (Phi) is 5.52. The highest BCUT2D eigenvalue weighted by Gasteiger charge is 2.05. The molecule has 0 bridgehead atoms. The Hall–Kier alpha value is -2.13. The third kappa shape index (κ3) is 4.43. The summed E-state index contributed by atoms with van der Waals surface area (Å²) in [5.41, 5.74) is 4.52. The molecule has 3 nitrogen and oxygen atoms in total. The fraction of sp³-hybridized carbons (Fsp3) is 0.278. The number of hydrogen-bond donors (Lipinski definition) is 2. The van der Waals surface area contributed by atoms with E-state index < -0.39 is 0 Å². The molecule has 0 saturated carbocycles. The molecule has 2 rings (SSSR count). The molecule has 2 aromatic carbocycles. The molecule has 0 spiro atoms. The minimum absolute atomic E-state index is 0.00974. The van der Waals surface area contributed by atoms with Crippen molar-refractivity contribution in [3.63, 3.8) is 0 Å². The lowest BCUT2D eigenvalue weighted by molar-refractivity contribution is -0.115. The van der Waals surface area contributed by atoms with Gasteiger partial charge in [0, 0.05) is 12.2 Å². The largest absolute Gasteiger partial charge is 0.325 e. The Morgan fingerprint density at radius 3 is 2.38 bits per heavy atom. The van der Waals surface area contributed by atoms with Crippen molar-refractivity contribution in [2.45, 2.75) is 26.8 Å². The third-order valence-corrected chi connectivity index (χ3v) is 3.53. The van der Waals surface area contributed by atoms with E-state index in [1.165, 1.54) is 11.1 Å². The van der Waals surface area contributed by atoms with Crippen LogP contribution >= 0.6 is 0 Å². The van der Waals surface area contributed by atoms with Gasteiger partial charge in [-0.3, -0.25) is 4.79 Å². The number of carbonyl (C=O) groups is 1. The number of amides is 1. The van der Waals surface area contributed by atoms with Crippen molar-refractivity contribution in [3.8, 4) is 0 Å². The Morgan fingerprint density at radius 1 is 1.00 bits per heavy atom. The molecular formula is C18H22N2O. The summed E-state index contributed by atoms with van der Waals surface area (Å²) in [6, 6.07) is 16.1. The second kappa shape index (κ2) is 7.60. The van der Waals surface area contributed by atoms with Gasteiger partial charge in [-0.25, -0.2) is 0 Å². The molecule has 0 aliphatic heterocycles. The minimum Gasteiger partial charge on any atom is -0.325 e. The molecule has 2 aromatic rings. The number of nitrogens with one attached hydrogen (secondary N) is 2. The molecule has 3 heteroatoms. The Balaban J connectivity index is 1.84. The minimum atomic E-state index is -0.00974. The normalized spacial score (nSPS) is 10.4. The summed E-state index contributed by atoms with van der Waals surface area (Å²) in [4.78, 5) is 12.0. The summed E-state index contributed by atoms with van der Waals surface area (Å²) in [6.45, 7) is 5.18. The summed E-state index contributed by atoms with van der Waals surface area (Å²) in [5.74, 6) is -0.00974. The molecule has 0 aliphatic carbocycles. The molecule has 0 fully saturated rings. The van der Waals surface area contributed by atoms with E-state index in [2.05, 4.69) is 36.6 Å². The van der Waals surface area contributed by atoms with Gasteiger partial charge in [-0.15, -0.1) is 0 Å². The molecule has 0 aromatic heterocycles. The van der Waals surface area contributed by atoms with Gasteiger partial charge < -0.3 is 10.6 Å². The Bertz CT molecular complexity index is 608. The summed E-state index contributed by atoms with van der Waals surface area (Å²) in [5, 5.41) is 6.15. The van der Waals surface area contributed by atoms with Crippen LogP contribution in [0.5, 0.6) is 0 Å². The standard InChI is InChI=1S/C18H22N2O/c1-3-15-9-6-7-11-17(15)20-18(21)13-19-12-16-10-5-4-8-14(16)2/h4-11,19H,3,12-13H2,1-2H3,(H,20,21). The van der Waals surface area contributed by atoms with Gasteiger partial charge in [0.1, 0.15) is 0 Å². The van der Waals surface area contributed by atoms with Crippen LogP contribution in [0.3, 0.4) is 0 Å². The lowest BCUT2D eigenvalue weighted by Gasteiger charge is -2.11. The molecule has 1 amide bonds. The fourth-order valence-corrected chi connectivity index (χ4v) is 2.26. The number of aryl methyl sites for hydroxylation is 2. The van der Waals surface area contributed by atoms with E-state index in [-0.39, 0.29) is 5.91 Å². The zero-order chi connectivity index (χ0) is 15.1. The highest BCUT2D eigenvalue weighted by Crippen LogP contribution is 2.15. The van der Waals surface area contributed by atoms with Crippen molar-refractivity contribution < 1.29 is 4.79 Å². The van der Waals surface area contributed by atoms with Gasteiger partial charge in [-0.1, -0.05) is 49.4 Å². The Morgan fingerprint density at radius 2 is 1.67 bits per heavy atom. The fourth-order valence-electron chi connectivity index (χ4n) is 2.26. The Labute approximate surface area is 126 Å². The molecule has 0 atom stereocenters. The van der Waals surface area contributed by atoms with Gasteiger partial charge >= 0.3 is 0 Å². The lowest BCUT2D eigenvalue weighted by Crippen LogP contribution is -2.28.